The quantitative estimate of drug-likeness (QED) is 0.150. The number of nitrogens with zero attached hydrogens (tertiary/aromatic N) is 7. The second kappa shape index (κ2) is 16.6. The van der Waals surface area contributed by atoms with E-state index in [-0.39, 0.29) is 23.9 Å². The van der Waals surface area contributed by atoms with Crippen LogP contribution in [0.2, 0.25) is 0 Å². The summed E-state index contributed by atoms with van der Waals surface area (Å²) in [5, 5.41) is 13.6. The van der Waals surface area contributed by atoms with Crippen LogP contribution in [0.4, 0.5) is 9.59 Å². The van der Waals surface area contributed by atoms with Gasteiger partial charge in [-0.25, -0.2) is 29.5 Å². The van der Waals surface area contributed by atoms with Crippen molar-refractivity contribution in [2.75, 3.05) is 41.5 Å². The van der Waals surface area contributed by atoms with Crippen LogP contribution in [0.1, 0.15) is 63.3 Å². The molecule has 54 heavy (non-hydrogen) atoms. The molecule has 4 aromatic rings. The van der Waals surface area contributed by atoms with Gasteiger partial charge in [-0.2, -0.15) is 0 Å². The smallest absolute Gasteiger partial charge is 0.407 e. The van der Waals surface area contributed by atoms with Crippen molar-refractivity contribution in [3.63, 3.8) is 0 Å². The predicted octanol–water partition coefficient (Wildman–Crippen LogP) is 4.15. The first-order chi connectivity index (χ1) is 25.9. The number of carbonyl (C=O) groups excluding carboxylic acids is 3. The molecule has 2 fully saturated rings. The number of carbonyl (C=O) groups is 4. The number of methoxy groups -OCH3 is 3. The first-order valence-corrected chi connectivity index (χ1v) is 19.1. The maximum Gasteiger partial charge on any atom is 0.407 e. The number of aromatic amines is 2. The van der Waals surface area contributed by atoms with Gasteiger partial charge in [-0.1, -0.05) is 0 Å². The van der Waals surface area contributed by atoms with Gasteiger partial charge in [0.25, 0.3) is 0 Å². The number of hydrogen-bond acceptors (Lipinski definition) is 13. The standard InChI is InChI=1S/C34H44N10O8S2/c1-17(50-4)25(41-33(47)52-6)31(45)43-11-7-9-21(43)27-35-13-19(39-27)29-37-15-23(53-29)24-16-38-30(54-24)20-14-36-28(40-20)22-10-8-12-44(22)32(46)26(18(2)51-5)42(3)34(48)49/h13-18,21-22,25-26H,7-12H2,1-6H3,(H,35,39)(H,36,40)(H,41,47)(H,48,49)/t17?,18-,21+,22+,25+,26+/m1/s1. The van der Waals surface area contributed by atoms with Crippen LogP contribution >= 0.6 is 22.7 Å². The fourth-order valence-corrected chi connectivity index (χ4v) is 8.69. The van der Waals surface area contributed by atoms with Crippen LogP contribution in [0.3, 0.4) is 0 Å². The number of alkyl carbamates (subject to hydrolysis) is 1. The van der Waals surface area contributed by atoms with Crippen molar-refractivity contribution in [2.24, 2.45) is 0 Å². The summed E-state index contributed by atoms with van der Waals surface area (Å²) in [6.07, 6.45) is 6.75. The highest BCUT2D eigenvalue weighted by atomic mass is 32.1. The molecule has 1 unspecified atom stereocenters. The highest BCUT2D eigenvalue weighted by Gasteiger charge is 2.41. The molecule has 2 aliphatic heterocycles. The van der Waals surface area contributed by atoms with Gasteiger partial charge in [-0.3, -0.25) is 14.5 Å². The average molecular weight is 785 g/mol. The van der Waals surface area contributed by atoms with Crippen molar-refractivity contribution >= 4 is 46.7 Å². The number of carboxylic acid groups (broad SMARTS) is 1. The molecule has 2 saturated heterocycles. The minimum absolute atomic E-state index is 0.278. The number of rotatable bonds is 13. The molecule has 20 heteroatoms. The summed E-state index contributed by atoms with van der Waals surface area (Å²) in [4.78, 5) is 82.4. The van der Waals surface area contributed by atoms with Crippen LogP contribution in [0.5, 0.6) is 0 Å². The lowest BCUT2D eigenvalue weighted by Crippen LogP contribution is -2.54. The summed E-state index contributed by atoms with van der Waals surface area (Å²) in [5.41, 5.74) is 1.41. The molecule has 0 saturated carbocycles. The van der Waals surface area contributed by atoms with Crippen molar-refractivity contribution in [3.05, 3.63) is 36.4 Å². The number of nitrogens with one attached hydrogen (secondary N) is 3. The van der Waals surface area contributed by atoms with Gasteiger partial charge in [-0.15, -0.1) is 22.7 Å². The first kappa shape index (κ1) is 38.8. The van der Waals surface area contributed by atoms with Gasteiger partial charge in [0.05, 0.1) is 64.9 Å². The number of thiazole rings is 2. The number of likely N-dealkylation sites (N-methyl/N-ethyl adjacent to an activating group) is 1. The number of imidazole rings is 2. The first-order valence-electron chi connectivity index (χ1n) is 17.4. The summed E-state index contributed by atoms with van der Waals surface area (Å²) in [7, 11) is 5.55. The lowest BCUT2D eigenvalue weighted by Gasteiger charge is -2.34. The van der Waals surface area contributed by atoms with E-state index in [1.165, 1.54) is 51.1 Å². The number of H-pyrrole nitrogens is 2. The van der Waals surface area contributed by atoms with Crippen LogP contribution in [-0.2, 0) is 23.8 Å². The molecule has 4 N–H and O–H groups in total. The summed E-state index contributed by atoms with van der Waals surface area (Å²) in [5.74, 6) is 0.629. The molecular weight excluding hydrogens is 741 g/mol. The molecule has 290 valence electrons. The molecule has 2 aliphatic rings. The number of likely N-dealkylation sites (tertiary alicyclic amines) is 2. The van der Waals surface area contributed by atoms with E-state index in [9.17, 15) is 24.3 Å². The number of amides is 4. The average Bonchev–Trinajstić information content (AvgIpc) is 4.02. The molecule has 0 bridgehead atoms. The van der Waals surface area contributed by atoms with E-state index < -0.39 is 36.5 Å². The van der Waals surface area contributed by atoms with Crippen molar-refractivity contribution in [1.82, 2.24) is 49.9 Å². The maximum absolute atomic E-state index is 13.7. The Kier molecular flexibility index (Phi) is 11.9. The summed E-state index contributed by atoms with van der Waals surface area (Å²) >= 11 is 2.95. The van der Waals surface area contributed by atoms with Gasteiger partial charge in [-0.05, 0) is 39.5 Å². The zero-order valence-electron chi connectivity index (χ0n) is 30.8. The van der Waals surface area contributed by atoms with Gasteiger partial charge < -0.3 is 44.4 Å². The van der Waals surface area contributed by atoms with Crippen molar-refractivity contribution in [3.8, 4) is 31.2 Å². The minimum Gasteiger partial charge on any atom is -0.465 e. The number of ether oxygens (including phenoxy) is 3. The maximum atomic E-state index is 13.7. The Hall–Kier alpha value is -4.92. The predicted molar refractivity (Wildman–Crippen MR) is 198 cm³/mol. The second-order valence-electron chi connectivity index (χ2n) is 13.1. The molecule has 4 amide bonds. The minimum atomic E-state index is -1.21. The summed E-state index contributed by atoms with van der Waals surface area (Å²) in [6, 6.07) is -2.57. The Morgan fingerprint density at radius 3 is 1.78 bits per heavy atom. The molecule has 6 heterocycles. The molecule has 6 atom stereocenters. The van der Waals surface area contributed by atoms with Gasteiger partial charge in [0.15, 0.2) is 0 Å². The van der Waals surface area contributed by atoms with E-state index >= 15 is 0 Å². The molecule has 0 radical (unpaired) electrons. The zero-order chi connectivity index (χ0) is 38.7. The summed E-state index contributed by atoms with van der Waals surface area (Å²) in [6.45, 7) is 4.39. The zero-order valence-corrected chi connectivity index (χ0v) is 32.4. The van der Waals surface area contributed by atoms with Gasteiger partial charge in [0, 0.05) is 46.8 Å². The van der Waals surface area contributed by atoms with Crippen molar-refractivity contribution in [1.29, 1.82) is 0 Å². The highest BCUT2D eigenvalue weighted by molar-refractivity contribution is 7.24. The molecule has 18 nitrogen and oxygen atoms in total. The molecule has 0 aromatic carbocycles. The van der Waals surface area contributed by atoms with E-state index in [1.807, 2.05) is 0 Å². The largest absolute Gasteiger partial charge is 0.465 e. The Balaban J connectivity index is 1.14. The fraction of sp³-hybridized carbons (Fsp3) is 0.529. The van der Waals surface area contributed by atoms with Gasteiger partial charge in [0.2, 0.25) is 11.8 Å². The monoisotopic (exact) mass is 784 g/mol. The SMILES string of the molecule is COC(=O)N[C@H](C(=O)N1CCC[C@H]1c1ncc(-c2ncc(-c3cnc(-c4cnc([C@@H]5CCCN5C(=O)[C@H]([C@@H](C)OC)N(C)C(=O)O)[nH]4)s3)s2)[nH]1)C(C)OC. The van der Waals surface area contributed by atoms with Gasteiger partial charge >= 0.3 is 12.2 Å². The summed E-state index contributed by atoms with van der Waals surface area (Å²) < 4.78 is 15.5. The van der Waals surface area contributed by atoms with Crippen molar-refractivity contribution in [2.45, 2.75) is 75.9 Å². The Bertz CT molecular complexity index is 1960. The Morgan fingerprint density at radius 1 is 0.815 bits per heavy atom. The van der Waals surface area contributed by atoms with Crippen LogP contribution in [0.25, 0.3) is 31.2 Å². The normalized spacial score (nSPS) is 19.4. The molecule has 4 aromatic heterocycles. The number of aromatic nitrogens is 6. The van der Waals surface area contributed by atoms with Crippen LogP contribution < -0.4 is 5.32 Å². The van der Waals surface area contributed by atoms with E-state index in [0.29, 0.717) is 54.0 Å². The molecular formula is C34H44N10O8S2. The fourth-order valence-electron chi connectivity index (χ4n) is 6.86. The lowest BCUT2D eigenvalue weighted by molar-refractivity contribution is -0.141. The number of hydrogen-bond donors (Lipinski definition) is 4. The van der Waals surface area contributed by atoms with E-state index in [0.717, 1.165) is 32.5 Å². The second-order valence-corrected chi connectivity index (χ2v) is 15.2. The molecule has 0 aliphatic carbocycles. The third kappa shape index (κ3) is 7.82. The van der Waals surface area contributed by atoms with Crippen LogP contribution in [-0.4, -0.2) is 139 Å². The van der Waals surface area contributed by atoms with Gasteiger partial charge in [0.1, 0.15) is 33.7 Å². The van der Waals surface area contributed by atoms with Crippen molar-refractivity contribution < 1.29 is 38.5 Å². The Labute approximate surface area is 319 Å². The van der Waals surface area contributed by atoms with Crippen LogP contribution in [0, 0.1) is 0 Å². The Morgan fingerprint density at radius 2 is 1.31 bits per heavy atom. The highest BCUT2D eigenvalue weighted by Crippen LogP contribution is 2.39. The van der Waals surface area contributed by atoms with E-state index in [2.05, 4.69) is 35.2 Å². The third-order valence-electron chi connectivity index (χ3n) is 9.96. The lowest BCUT2D eigenvalue weighted by atomic mass is 10.1. The molecule has 0 spiro atoms. The van der Waals surface area contributed by atoms with Crippen LogP contribution in [0.15, 0.2) is 24.8 Å². The van der Waals surface area contributed by atoms with E-state index in [4.69, 9.17) is 14.2 Å². The topological polar surface area (TPSA) is 221 Å². The molecule has 6 rings (SSSR count). The third-order valence-corrected chi connectivity index (χ3v) is 12.2. The van der Waals surface area contributed by atoms with E-state index in [1.54, 1.807) is 48.4 Å².